The Labute approximate surface area is 178 Å². The highest BCUT2D eigenvalue weighted by Crippen LogP contribution is 2.30. The van der Waals surface area contributed by atoms with Crippen molar-refractivity contribution in [2.24, 2.45) is 5.73 Å². The summed E-state index contributed by atoms with van der Waals surface area (Å²) >= 11 is 1.72. The Morgan fingerprint density at radius 3 is 2.90 bits per heavy atom. The topological polar surface area (TPSA) is 77.0 Å². The molecule has 150 valence electrons. The Hall–Kier alpha value is -3.45. The number of hydrogen-bond donors (Lipinski definition) is 1. The first-order valence-corrected chi connectivity index (χ1v) is 10.7. The van der Waals surface area contributed by atoms with Crippen molar-refractivity contribution in [2.75, 3.05) is 11.4 Å². The molecule has 30 heavy (non-hydrogen) atoms. The number of hydrogen-bond acceptors (Lipinski definition) is 5. The largest absolute Gasteiger partial charge is 0.366 e. The summed E-state index contributed by atoms with van der Waals surface area (Å²) in [6, 6.07) is 16.1. The zero-order valence-electron chi connectivity index (χ0n) is 16.4. The van der Waals surface area contributed by atoms with Crippen LogP contribution in [0.3, 0.4) is 0 Å². The lowest BCUT2D eigenvalue weighted by atomic mass is 9.97. The molecule has 5 rings (SSSR count). The number of aromatic nitrogens is 3. The molecule has 0 spiro atoms. The molecule has 0 saturated heterocycles. The summed E-state index contributed by atoms with van der Waals surface area (Å²) < 4.78 is 1.87. The van der Waals surface area contributed by atoms with Crippen molar-refractivity contribution in [3.63, 3.8) is 0 Å². The second-order valence-corrected chi connectivity index (χ2v) is 8.52. The van der Waals surface area contributed by atoms with Gasteiger partial charge in [0, 0.05) is 48.5 Å². The molecule has 7 heteroatoms. The van der Waals surface area contributed by atoms with Gasteiger partial charge < -0.3 is 10.6 Å². The minimum atomic E-state index is -0.385. The van der Waals surface area contributed by atoms with E-state index >= 15 is 0 Å². The number of benzene rings is 2. The van der Waals surface area contributed by atoms with Gasteiger partial charge in [-0.15, -0.1) is 11.3 Å². The highest BCUT2D eigenvalue weighted by atomic mass is 32.1. The van der Waals surface area contributed by atoms with Crippen molar-refractivity contribution in [1.82, 2.24) is 14.8 Å². The summed E-state index contributed by atoms with van der Waals surface area (Å²) in [6.07, 6.45) is 7.47. The molecule has 0 unspecified atom stereocenters. The van der Waals surface area contributed by atoms with Gasteiger partial charge in [-0.3, -0.25) is 4.79 Å². The predicted molar refractivity (Wildman–Crippen MR) is 118 cm³/mol. The van der Waals surface area contributed by atoms with Gasteiger partial charge in [0.15, 0.2) is 5.13 Å². The van der Waals surface area contributed by atoms with Crippen molar-refractivity contribution in [1.29, 1.82) is 0 Å². The number of anilines is 1. The van der Waals surface area contributed by atoms with E-state index in [-0.39, 0.29) is 5.91 Å². The Kier molecular flexibility index (Phi) is 4.80. The summed E-state index contributed by atoms with van der Waals surface area (Å²) in [5, 5.41) is 5.32. The normalized spacial score (nSPS) is 13.3. The maximum absolute atomic E-state index is 11.5. The quantitative estimate of drug-likeness (QED) is 0.540. The van der Waals surface area contributed by atoms with Gasteiger partial charge in [0.1, 0.15) is 0 Å². The summed E-state index contributed by atoms with van der Waals surface area (Å²) in [7, 11) is 0. The van der Waals surface area contributed by atoms with Crippen molar-refractivity contribution >= 4 is 22.4 Å². The third-order valence-corrected chi connectivity index (χ3v) is 6.43. The van der Waals surface area contributed by atoms with E-state index < -0.39 is 0 Å². The van der Waals surface area contributed by atoms with Crippen LogP contribution in [0, 0.1) is 0 Å². The van der Waals surface area contributed by atoms with E-state index in [0.717, 1.165) is 42.3 Å². The number of rotatable bonds is 5. The minimum Gasteiger partial charge on any atom is -0.366 e. The van der Waals surface area contributed by atoms with Crippen molar-refractivity contribution in [3.8, 4) is 5.69 Å². The molecule has 2 aromatic heterocycles. The molecule has 3 heterocycles. The van der Waals surface area contributed by atoms with Crippen molar-refractivity contribution in [3.05, 3.63) is 94.3 Å². The van der Waals surface area contributed by atoms with Crippen LogP contribution in [0.4, 0.5) is 5.13 Å². The van der Waals surface area contributed by atoms with E-state index in [2.05, 4.69) is 39.2 Å². The van der Waals surface area contributed by atoms with Gasteiger partial charge in [-0.05, 0) is 53.4 Å². The SMILES string of the molecule is NC(=O)c1ccc2c(c1)CN(c1ncc(Cc3cccc(-n4cccn4)c3)s1)CC2. The minimum absolute atomic E-state index is 0.385. The number of nitrogens with zero attached hydrogens (tertiary/aromatic N) is 4. The maximum Gasteiger partial charge on any atom is 0.248 e. The number of thiazole rings is 1. The van der Waals surface area contributed by atoms with E-state index in [1.165, 1.54) is 16.0 Å². The second kappa shape index (κ2) is 7.76. The smallest absolute Gasteiger partial charge is 0.248 e. The fourth-order valence-electron chi connectivity index (χ4n) is 3.83. The lowest BCUT2D eigenvalue weighted by Gasteiger charge is -2.28. The average molecular weight is 416 g/mol. The van der Waals surface area contributed by atoms with Crippen molar-refractivity contribution in [2.45, 2.75) is 19.4 Å². The summed E-state index contributed by atoms with van der Waals surface area (Å²) in [5.74, 6) is -0.385. The van der Waals surface area contributed by atoms with Crippen LogP contribution in [-0.2, 0) is 19.4 Å². The first-order chi connectivity index (χ1) is 14.7. The first kappa shape index (κ1) is 18.6. The monoisotopic (exact) mass is 415 g/mol. The van der Waals surface area contributed by atoms with Gasteiger partial charge in [0.05, 0.1) is 5.69 Å². The predicted octanol–water partition coefficient (Wildman–Crippen LogP) is 3.58. The molecule has 1 aliphatic heterocycles. The second-order valence-electron chi connectivity index (χ2n) is 7.43. The molecule has 0 bridgehead atoms. The molecular formula is C23H21N5OS. The highest BCUT2D eigenvalue weighted by molar-refractivity contribution is 7.15. The van der Waals surface area contributed by atoms with Gasteiger partial charge in [-0.1, -0.05) is 18.2 Å². The number of amides is 1. The lowest BCUT2D eigenvalue weighted by molar-refractivity contribution is 0.1000. The highest BCUT2D eigenvalue weighted by Gasteiger charge is 2.20. The molecule has 0 saturated carbocycles. The zero-order valence-corrected chi connectivity index (χ0v) is 17.2. The van der Waals surface area contributed by atoms with Gasteiger partial charge in [0.25, 0.3) is 0 Å². The Bertz CT molecular complexity index is 1200. The molecule has 4 aromatic rings. The molecule has 6 nitrogen and oxygen atoms in total. The molecule has 0 fully saturated rings. The van der Waals surface area contributed by atoms with E-state index in [1.54, 1.807) is 17.5 Å². The Morgan fingerprint density at radius 2 is 2.07 bits per heavy atom. The molecule has 2 N–H and O–H groups in total. The zero-order chi connectivity index (χ0) is 20.5. The average Bonchev–Trinajstić information content (AvgIpc) is 3.46. The van der Waals surface area contributed by atoms with E-state index in [9.17, 15) is 4.79 Å². The number of fused-ring (bicyclic) bond motifs is 1. The van der Waals surface area contributed by atoms with Gasteiger partial charge >= 0.3 is 0 Å². The van der Waals surface area contributed by atoms with E-state index in [4.69, 9.17) is 5.73 Å². The summed E-state index contributed by atoms with van der Waals surface area (Å²) in [5.41, 5.74) is 10.7. The van der Waals surface area contributed by atoms with Crippen molar-refractivity contribution < 1.29 is 4.79 Å². The Morgan fingerprint density at radius 1 is 1.13 bits per heavy atom. The number of carbonyl (C=O) groups is 1. The molecule has 0 aliphatic carbocycles. The van der Waals surface area contributed by atoms with Crippen LogP contribution < -0.4 is 10.6 Å². The maximum atomic E-state index is 11.5. The summed E-state index contributed by atoms with van der Waals surface area (Å²) in [4.78, 5) is 19.7. The standard InChI is InChI=1S/C23H21N5OS/c24-22(29)18-6-5-17-7-10-27(15-19(17)13-18)23-25-14-21(30-23)12-16-3-1-4-20(11-16)28-9-2-8-26-28/h1-6,8-9,11,13-14H,7,10,12,15H2,(H2,24,29). The van der Waals surface area contributed by atoms with Gasteiger partial charge in [0.2, 0.25) is 5.91 Å². The number of carbonyl (C=O) groups excluding carboxylic acids is 1. The number of nitrogens with two attached hydrogens (primary N) is 1. The third-order valence-electron chi connectivity index (χ3n) is 5.37. The molecular weight excluding hydrogens is 394 g/mol. The van der Waals surface area contributed by atoms with Gasteiger partial charge in [-0.2, -0.15) is 5.10 Å². The van der Waals surface area contributed by atoms with E-state index in [1.807, 2.05) is 41.3 Å². The molecule has 2 aromatic carbocycles. The first-order valence-electron chi connectivity index (χ1n) is 9.86. The van der Waals surface area contributed by atoms with Crippen LogP contribution in [-0.4, -0.2) is 27.2 Å². The number of primary amides is 1. The third kappa shape index (κ3) is 3.71. The molecule has 1 amide bonds. The van der Waals surface area contributed by atoms with E-state index in [0.29, 0.717) is 5.56 Å². The lowest BCUT2D eigenvalue weighted by Crippen LogP contribution is -2.30. The molecule has 1 aliphatic rings. The van der Waals surface area contributed by atoms with Crippen LogP contribution in [0.25, 0.3) is 5.69 Å². The fourth-order valence-corrected chi connectivity index (χ4v) is 4.80. The summed E-state index contributed by atoms with van der Waals surface area (Å²) in [6.45, 7) is 1.67. The van der Waals surface area contributed by atoms with Crippen LogP contribution in [0.15, 0.2) is 67.1 Å². The van der Waals surface area contributed by atoms with Crippen LogP contribution in [0.1, 0.15) is 31.9 Å². The van der Waals surface area contributed by atoms with Crippen LogP contribution in [0.5, 0.6) is 0 Å². The molecule has 0 radical (unpaired) electrons. The van der Waals surface area contributed by atoms with Crippen LogP contribution in [0.2, 0.25) is 0 Å². The Balaban J connectivity index is 1.32. The molecule has 0 atom stereocenters. The van der Waals surface area contributed by atoms with Gasteiger partial charge in [-0.25, -0.2) is 9.67 Å². The van der Waals surface area contributed by atoms with Crippen LogP contribution >= 0.6 is 11.3 Å². The fraction of sp³-hybridized carbons (Fsp3) is 0.174.